The fourth-order valence-corrected chi connectivity index (χ4v) is 2.67. The number of aromatic nitrogens is 3. The predicted molar refractivity (Wildman–Crippen MR) is 78.4 cm³/mol. The van der Waals surface area contributed by atoms with Crippen LogP contribution in [0.5, 0.6) is 0 Å². The Bertz CT molecular complexity index is 803. The van der Waals surface area contributed by atoms with Crippen molar-refractivity contribution < 1.29 is 0 Å². The Morgan fingerprint density at radius 2 is 2.15 bits per heavy atom. The van der Waals surface area contributed by atoms with E-state index in [1.165, 1.54) is 0 Å². The van der Waals surface area contributed by atoms with Gasteiger partial charge in [-0.1, -0.05) is 18.2 Å². The van der Waals surface area contributed by atoms with Gasteiger partial charge in [-0.2, -0.15) is 5.26 Å². The maximum atomic E-state index is 9.17. The SMILES string of the molecule is Cc1csc(CNc2c(C#N)nnc3ccccc23)n1. The lowest BCUT2D eigenvalue weighted by molar-refractivity contribution is 1.03. The minimum atomic E-state index is 0.303. The van der Waals surface area contributed by atoms with Crippen LogP contribution < -0.4 is 5.32 Å². The van der Waals surface area contributed by atoms with Crippen molar-refractivity contribution in [1.82, 2.24) is 15.2 Å². The number of thiazole rings is 1. The summed E-state index contributed by atoms with van der Waals surface area (Å²) < 4.78 is 0. The lowest BCUT2D eigenvalue weighted by atomic mass is 10.1. The summed E-state index contributed by atoms with van der Waals surface area (Å²) in [6.07, 6.45) is 0. The van der Waals surface area contributed by atoms with Crippen LogP contribution in [0.1, 0.15) is 16.4 Å². The van der Waals surface area contributed by atoms with Gasteiger partial charge in [0, 0.05) is 16.5 Å². The van der Waals surface area contributed by atoms with Gasteiger partial charge in [-0.15, -0.1) is 21.5 Å². The fourth-order valence-electron chi connectivity index (χ4n) is 1.96. The molecule has 3 aromatic rings. The van der Waals surface area contributed by atoms with Crippen molar-refractivity contribution >= 4 is 27.9 Å². The van der Waals surface area contributed by atoms with Crippen molar-refractivity contribution in [2.45, 2.75) is 13.5 Å². The maximum Gasteiger partial charge on any atom is 0.186 e. The molecule has 0 aliphatic heterocycles. The first-order chi connectivity index (χ1) is 9.78. The molecule has 20 heavy (non-hydrogen) atoms. The number of rotatable bonds is 3. The van der Waals surface area contributed by atoms with Crippen LogP contribution in [0.2, 0.25) is 0 Å². The summed E-state index contributed by atoms with van der Waals surface area (Å²) in [5.41, 5.74) is 2.79. The summed E-state index contributed by atoms with van der Waals surface area (Å²) in [5, 5.41) is 24.3. The standard InChI is InChI=1S/C14H11N5S/c1-9-8-20-13(17-9)7-16-14-10-4-2-3-5-11(10)18-19-12(14)6-15/h2-5,8H,7H2,1H3,(H,16,18). The molecule has 0 spiro atoms. The van der Waals surface area contributed by atoms with Gasteiger partial charge in [0.15, 0.2) is 5.69 Å². The molecule has 1 aromatic carbocycles. The Hall–Kier alpha value is -2.52. The second-order valence-electron chi connectivity index (χ2n) is 4.29. The quantitative estimate of drug-likeness (QED) is 0.799. The van der Waals surface area contributed by atoms with E-state index in [1.807, 2.05) is 36.6 Å². The van der Waals surface area contributed by atoms with Gasteiger partial charge in [-0.25, -0.2) is 4.98 Å². The molecule has 3 rings (SSSR count). The molecule has 0 bridgehead atoms. The van der Waals surface area contributed by atoms with Crippen molar-refractivity contribution in [3.8, 4) is 6.07 Å². The van der Waals surface area contributed by atoms with Crippen LogP contribution in [0.4, 0.5) is 5.69 Å². The predicted octanol–water partition coefficient (Wildman–Crippen LogP) is 2.88. The molecule has 0 radical (unpaired) electrons. The van der Waals surface area contributed by atoms with E-state index in [0.717, 1.165) is 21.6 Å². The Labute approximate surface area is 119 Å². The molecule has 0 saturated heterocycles. The minimum absolute atomic E-state index is 0.303. The number of nitrogens with one attached hydrogen (secondary N) is 1. The highest BCUT2D eigenvalue weighted by atomic mass is 32.1. The van der Waals surface area contributed by atoms with Crippen LogP contribution in [0.15, 0.2) is 29.6 Å². The van der Waals surface area contributed by atoms with E-state index in [0.29, 0.717) is 17.9 Å². The fraction of sp³-hybridized carbons (Fsp3) is 0.143. The number of hydrogen-bond acceptors (Lipinski definition) is 6. The maximum absolute atomic E-state index is 9.17. The van der Waals surface area contributed by atoms with Crippen molar-refractivity contribution in [1.29, 1.82) is 5.26 Å². The van der Waals surface area contributed by atoms with Gasteiger partial charge in [0.25, 0.3) is 0 Å². The van der Waals surface area contributed by atoms with Crippen molar-refractivity contribution in [3.05, 3.63) is 46.0 Å². The third kappa shape index (κ3) is 2.31. The number of hydrogen-bond donors (Lipinski definition) is 1. The normalized spacial score (nSPS) is 10.4. The van der Waals surface area contributed by atoms with E-state index >= 15 is 0 Å². The second kappa shape index (κ2) is 5.23. The Kier molecular flexibility index (Phi) is 3.27. The Morgan fingerprint density at radius 1 is 1.30 bits per heavy atom. The van der Waals surface area contributed by atoms with E-state index in [4.69, 9.17) is 0 Å². The van der Waals surface area contributed by atoms with Crippen LogP contribution in [0.25, 0.3) is 10.9 Å². The van der Waals surface area contributed by atoms with E-state index < -0.39 is 0 Å². The number of nitriles is 1. The lowest BCUT2D eigenvalue weighted by Crippen LogP contribution is -2.04. The summed E-state index contributed by atoms with van der Waals surface area (Å²) >= 11 is 1.60. The van der Waals surface area contributed by atoms with Crippen molar-refractivity contribution in [3.63, 3.8) is 0 Å². The number of nitrogens with zero attached hydrogens (tertiary/aromatic N) is 4. The lowest BCUT2D eigenvalue weighted by Gasteiger charge is -2.08. The highest BCUT2D eigenvalue weighted by molar-refractivity contribution is 7.09. The van der Waals surface area contributed by atoms with Gasteiger partial charge in [-0.05, 0) is 13.0 Å². The first-order valence-electron chi connectivity index (χ1n) is 6.08. The van der Waals surface area contributed by atoms with Crippen LogP contribution in [0.3, 0.4) is 0 Å². The molecule has 0 atom stereocenters. The Balaban J connectivity index is 1.98. The van der Waals surface area contributed by atoms with Crippen LogP contribution in [-0.2, 0) is 6.54 Å². The zero-order chi connectivity index (χ0) is 13.9. The average Bonchev–Trinajstić information content (AvgIpc) is 2.90. The summed E-state index contributed by atoms with van der Waals surface area (Å²) in [6, 6.07) is 9.70. The van der Waals surface area contributed by atoms with Gasteiger partial charge >= 0.3 is 0 Å². The molecule has 98 valence electrons. The van der Waals surface area contributed by atoms with Crippen LogP contribution in [0, 0.1) is 18.3 Å². The van der Waals surface area contributed by atoms with Crippen molar-refractivity contribution in [2.75, 3.05) is 5.32 Å². The van der Waals surface area contributed by atoms with Crippen LogP contribution in [-0.4, -0.2) is 15.2 Å². The highest BCUT2D eigenvalue weighted by Crippen LogP contribution is 2.24. The molecule has 6 heteroatoms. The zero-order valence-corrected chi connectivity index (χ0v) is 11.6. The van der Waals surface area contributed by atoms with Gasteiger partial charge in [-0.3, -0.25) is 0 Å². The molecule has 2 aromatic heterocycles. The third-order valence-electron chi connectivity index (χ3n) is 2.86. The molecule has 0 fully saturated rings. The number of benzene rings is 1. The molecule has 0 aliphatic rings. The van der Waals surface area contributed by atoms with E-state index in [-0.39, 0.29) is 0 Å². The smallest absolute Gasteiger partial charge is 0.186 e. The van der Waals surface area contributed by atoms with E-state index in [1.54, 1.807) is 11.3 Å². The van der Waals surface area contributed by atoms with Gasteiger partial charge < -0.3 is 5.32 Å². The molecule has 0 saturated carbocycles. The summed E-state index contributed by atoms with van der Waals surface area (Å²) in [7, 11) is 0. The molecule has 0 unspecified atom stereocenters. The second-order valence-corrected chi connectivity index (χ2v) is 5.23. The molecule has 5 nitrogen and oxygen atoms in total. The molecule has 2 heterocycles. The van der Waals surface area contributed by atoms with Gasteiger partial charge in [0.1, 0.15) is 11.1 Å². The molecule has 0 amide bonds. The first-order valence-corrected chi connectivity index (χ1v) is 6.96. The summed E-state index contributed by atoms with van der Waals surface area (Å²) in [5.74, 6) is 0. The topological polar surface area (TPSA) is 74.5 Å². The van der Waals surface area contributed by atoms with E-state index in [2.05, 4.69) is 26.6 Å². The molecular formula is C14H11N5S. The van der Waals surface area contributed by atoms with Crippen molar-refractivity contribution in [2.24, 2.45) is 0 Å². The largest absolute Gasteiger partial charge is 0.376 e. The van der Waals surface area contributed by atoms with Crippen LogP contribution >= 0.6 is 11.3 Å². The summed E-state index contributed by atoms with van der Waals surface area (Å²) in [4.78, 5) is 4.40. The van der Waals surface area contributed by atoms with E-state index in [9.17, 15) is 5.26 Å². The van der Waals surface area contributed by atoms with Gasteiger partial charge in [0.2, 0.25) is 0 Å². The Morgan fingerprint density at radius 3 is 2.90 bits per heavy atom. The molecule has 1 N–H and O–H groups in total. The number of fused-ring (bicyclic) bond motifs is 1. The first kappa shape index (κ1) is 12.5. The third-order valence-corrected chi connectivity index (χ3v) is 3.82. The molecule has 0 aliphatic carbocycles. The van der Waals surface area contributed by atoms with Gasteiger partial charge in [0.05, 0.1) is 17.7 Å². The zero-order valence-electron chi connectivity index (χ0n) is 10.8. The summed E-state index contributed by atoms with van der Waals surface area (Å²) in [6.45, 7) is 2.53. The minimum Gasteiger partial charge on any atom is -0.376 e. The average molecular weight is 281 g/mol. The molecular weight excluding hydrogens is 270 g/mol. The number of anilines is 1. The number of aryl methyl sites for hydroxylation is 1. The monoisotopic (exact) mass is 281 g/mol. The highest BCUT2D eigenvalue weighted by Gasteiger charge is 2.10.